The fourth-order valence-electron chi connectivity index (χ4n) is 3.00. The molecule has 2 rings (SSSR count). The number of nitrogens with zero attached hydrogens (tertiary/aromatic N) is 1. The second kappa shape index (κ2) is 6.88. The van der Waals surface area contributed by atoms with Gasteiger partial charge < -0.3 is 15.0 Å². The number of hydrogen-bond acceptors (Lipinski definition) is 3. The van der Waals surface area contributed by atoms with E-state index in [9.17, 15) is 0 Å². The lowest BCUT2D eigenvalue weighted by atomic mass is 9.84. The third-order valence-electron chi connectivity index (χ3n) is 4.17. The van der Waals surface area contributed by atoms with Crippen molar-refractivity contribution in [3.05, 3.63) is 0 Å². The zero-order chi connectivity index (χ0) is 12.8. The maximum atomic E-state index is 5.55. The van der Waals surface area contributed by atoms with Crippen LogP contribution in [0.4, 0.5) is 0 Å². The summed E-state index contributed by atoms with van der Waals surface area (Å²) >= 11 is 0. The molecule has 0 aromatic heterocycles. The largest absolute Gasteiger partial charge is 0.380 e. The van der Waals surface area contributed by atoms with E-state index in [1.807, 2.05) is 0 Å². The summed E-state index contributed by atoms with van der Waals surface area (Å²) in [5, 5.41) is 3.73. The maximum Gasteiger partial charge on any atom is 0.0593 e. The molecule has 0 spiro atoms. The van der Waals surface area contributed by atoms with Gasteiger partial charge in [0.15, 0.2) is 0 Å². The minimum Gasteiger partial charge on any atom is -0.380 e. The molecule has 1 saturated heterocycles. The lowest BCUT2D eigenvalue weighted by Gasteiger charge is -2.35. The quantitative estimate of drug-likeness (QED) is 0.754. The molecule has 1 aliphatic carbocycles. The lowest BCUT2D eigenvalue weighted by molar-refractivity contribution is 0.122. The second-order valence-corrected chi connectivity index (χ2v) is 6.46. The van der Waals surface area contributed by atoms with Gasteiger partial charge in [-0.15, -0.1) is 0 Å². The molecule has 2 fully saturated rings. The van der Waals surface area contributed by atoms with Crippen LogP contribution in [-0.4, -0.2) is 50.3 Å². The normalized spacial score (nSPS) is 25.7. The van der Waals surface area contributed by atoms with Gasteiger partial charge in [0, 0.05) is 38.8 Å². The van der Waals surface area contributed by atoms with Crippen molar-refractivity contribution >= 4 is 0 Å². The van der Waals surface area contributed by atoms with E-state index in [2.05, 4.69) is 24.1 Å². The van der Waals surface area contributed by atoms with Crippen molar-refractivity contribution in [3.63, 3.8) is 0 Å². The average molecular weight is 254 g/mol. The van der Waals surface area contributed by atoms with Crippen molar-refractivity contribution in [1.29, 1.82) is 0 Å². The van der Waals surface area contributed by atoms with Crippen LogP contribution in [0, 0.1) is 5.41 Å². The minimum absolute atomic E-state index is 0.432. The molecule has 1 atom stereocenters. The van der Waals surface area contributed by atoms with E-state index < -0.39 is 0 Å². The summed E-state index contributed by atoms with van der Waals surface area (Å²) in [4.78, 5) is 2.61. The van der Waals surface area contributed by atoms with E-state index in [0.29, 0.717) is 5.41 Å². The van der Waals surface area contributed by atoms with Gasteiger partial charge >= 0.3 is 0 Å². The number of ether oxygens (including phenoxy) is 1. The first-order valence-electron chi connectivity index (χ1n) is 7.75. The molecular formula is C15H30N2O. The van der Waals surface area contributed by atoms with Gasteiger partial charge in [-0.1, -0.05) is 20.3 Å². The molecule has 3 nitrogen and oxygen atoms in total. The van der Waals surface area contributed by atoms with Gasteiger partial charge in [-0.3, -0.25) is 0 Å². The highest BCUT2D eigenvalue weighted by molar-refractivity contribution is 4.87. The van der Waals surface area contributed by atoms with Crippen molar-refractivity contribution < 1.29 is 4.74 Å². The van der Waals surface area contributed by atoms with Crippen molar-refractivity contribution in [2.45, 2.75) is 52.0 Å². The third-order valence-corrected chi connectivity index (χ3v) is 4.17. The zero-order valence-electron chi connectivity index (χ0n) is 12.2. The van der Waals surface area contributed by atoms with Crippen LogP contribution in [0.5, 0.6) is 0 Å². The Kier molecular flexibility index (Phi) is 5.46. The van der Waals surface area contributed by atoms with E-state index >= 15 is 0 Å². The second-order valence-electron chi connectivity index (χ2n) is 6.46. The van der Waals surface area contributed by atoms with Crippen LogP contribution < -0.4 is 5.32 Å². The lowest BCUT2D eigenvalue weighted by Crippen LogP contribution is -2.43. The molecule has 1 saturated carbocycles. The first-order chi connectivity index (χ1) is 8.72. The molecule has 2 aliphatic rings. The Hall–Kier alpha value is -0.120. The molecule has 1 heterocycles. The van der Waals surface area contributed by atoms with Crippen LogP contribution in [-0.2, 0) is 4.74 Å². The van der Waals surface area contributed by atoms with Gasteiger partial charge in [0.2, 0.25) is 0 Å². The fraction of sp³-hybridized carbons (Fsp3) is 1.00. The Morgan fingerprint density at radius 1 is 1.28 bits per heavy atom. The van der Waals surface area contributed by atoms with Gasteiger partial charge in [-0.25, -0.2) is 0 Å². The molecule has 3 heteroatoms. The number of hydrogen-bond donors (Lipinski definition) is 1. The molecule has 0 aromatic carbocycles. The van der Waals surface area contributed by atoms with Crippen LogP contribution in [0.25, 0.3) is 0 Å². The molecule has 106 valence electrons. The van der Waals surface area contributed by atoms with Crippen molar-refractivity contribution in [1.82, 2.24) is 10.2 Å². The van der Waals surface area contributed by atoms with Crippen LogP contribution >= 0.6 is 0 Å². The van der Waals surface area contributed by atoms with Crippen LogP contribution in [0.1, 0.15) is 46.0 Å². The van der Waals surface area contributed by atoms with E-state index in [0.717, 1.165) is 25.8 Å². The summed E-state index contributed by atoms with van der Waals surface area (Å²) < 4.78 is 5.55. The Bertz CT molecular complexity index is 235. The number of nitrogens with one attached hydrogen (secondary N) is 1. The zero-order valence-corrected chi connectivity index (χ0v) is 12.2. The maximum absolute atomic E-state index is 5.55. The van der Waals surface area contributed by atoms with Crippen LogP contribution in [0.15, 0.2) is 0 Å². The average Bonchev–Trinajstić information content (AvgIpc) is 3.15. The van der Waals surface area contributed by atoms with Gasteiger partial charge in [-0.2, -0.15) is 0 Å². The van der Waals surface area contributed by atoms with Crippen LogP contribution in [0.2, 0.25) is 0 Å². The summed E-state index contributed by atoms with van der Waals surface area (Å²) in [6.07, 6.45) is 6.58. The molecule has 1 unspecified atom stereocenters. The topological polar surface area (TPSA) is 24.5 Å². The Labute approximate surface area is 112 Å². The van der Waals surface area contributed by atoms with Gasteiger partial charge in [0.05, 0.1) is 6.61 Å². The molecule has 0 amide bonds. The van der Waals surface area contributed by atoms with Gasteiger partial charge in [0.1, 0.15) is 0 Å². The Balaban J connectivity index is 1.81. The Morgan fingerprint density at radius 2 is 2.11 bits per heavy atom. The minimum atomic E-state index is 0.432. The molecule has 1 N–H and O–H groups in total. The predicted octanol–water partition coefficient (Wildman–Crippen LogP) is 2.27. The van der Waals surface area contributed by atoms with E-state index in [4.69, 9.17) is 4.74 Å². The first-order valence-corrected chi connectivity index (χ1v) is 7.75. The molecule has 0 bridgehead atoms. The summed E-state index contributed by atoms with van der Waals surface area (Å²) in [6, 6.07) is 0.827. The van der Waals surface area contributed by atoms with Gasteiger partial charge in [-0.05, 0) is 31.1 Å². The molecule has 18 heavy (non-hydrogen) atoms. The SMILES string of the molecule is CCCC(C)(CNC1CC1)CN1CCCOCC1. The van der Waals surface area contributed by atoms with E-state index in [1.54, 1.807) is 0 Å². The van der Waals surface area contributed by atoms with E-state index in [-0.39, 0.29) is 0 Å². The molecule has 0 radical (unpaired) electrons. The van der Waals surface area contributed by atoms with Crippen molar-refractivity contribution in [2.24, 2.45) is 5.41 Å². The summed E-state index contributed by atoms with van der Waals surface area (Å²) in [6.45, 7) is 11.4. The highest BCUT2D eigenvalue weighted by Gasteiger charge is 2.29. The molecular weight excluding hydrogens is 224 g/mol. The predicted molar refractivity (Wildman–Crippen MR) is 75.9 cm³/mol. The van der Waals surface area contributed by atoms with Crippen LogP contribution in [0.3, 0.4) is 0 Å². The summed E-state index contributed by atoms with van der Waals surface area (Å²) in [5.74, 6) is 0. The fourth-order valence-corrected chi connectivity index (χ4v) is 3.00. The molecule has 1 aliphatic heterocycles. The third kappa shape index (κ3) is 4.87. The summed E-state index contributed by atoms with van der Waals surface area (Å²) in [5.41, 5.74) is 0.432. The Morgan fingerprint density at radius 3 is 2.83 bits per heavy atom. The highest BCUT2D eigenvalue weighted by Crippen LogP contribution is 2.27. The summed E-state index contributed by atoms with van der Waals surface area (Å²) in [7, 11) is 0. The molecule has 0 aromatic rings. The van der Waals surface area contributed by atoms with Gasteiger partial charge in [0.25, 0.3) is 0 Å². The standard InChI is InChI=1S/C15H30N2O/c1-3-7-15(2,12-16-14-5-6-14)13-17-8-4-10-18-11-9-17/h14,16H,3-13H2,1-2H3. The smallest absolute Gasteiger partial charge is 0.0593 e. The highest BCUT2D eigenvalue weighted by atomic mass is 16.5. The van der Waals surface area contributed by atoms with Crippen molar-refractivity contribution in [2.75, 3.05) is 39.4 Å². The van der Waals surface area contributed by atoms with E-state index in [1.165, 1.54) is 51.7 Å². The monoisotopic (exact) mass is 254 g/mol. The first kappa shape index (κ1) is 14.3. The van der Waals surface area contributed by atoms with Crippen molar-refractivity contribution in [3.8, 4) is 0 Å². The number of rotatable bonds is 7.